The van der Waals surface area contributed by atoms with Gasteiger partial charge in [0, 0.05) is 36.6 Å². The van der Waals surface area contributed by atoms with E-state index in [2.05, 4.69) is 43.3 Å². The normalized spacial score (nSPS) is 11.5. The van der Waals surface area contributed by atoms with Crippen LogP contribution in [0.15, 0.2) is 59.5 Å². The Morgan fingerprint density at radius 3 is 2.42 bits per heavy atom. The van der Waals surface area contributed by atoms with Crippen molar-refractivity contribution in [3.8, 4) is 0 Å². The minimum Gasteiger partial charge on any atom is -0.339 e. The molecule has 0 atom stereocenters. The maximum Gasteiger partial charge on any atom is 0.274 e. The van der Waals surface area contributed by atoms with Gasteiger partial charge in [-0.3, -0.25) is 4.79 Å². The Labute approximate surface area is 140 Å². The molecule has 4 aromatic rings. The van der Waals surface area contributed by atoms with Crippen molar-refractivity contribution in [2.45, 2.75) is 13.3 Å². The second kappa shape index (κ2) is 5.38. The Bertz CT molecular complexity index is 1110. The Morgan fingerprint density at radius 2 is 1.67 bits per heavy atom. The first-order chi connectivity index (χ1) is 11.6. The molecule has 0 aliphatic carbocycles. The fraction of sp³-hybridized carbons (Fsp3) is 0.190. The molecule has 120 valence electrons. The van der Waals surface area contributed by atoms with Crippen molar-refractivity contribution in [2.75, 3.05) is 0 Å². The third-order valence-electron chi connectivity index (χ3n) is 4.82. The number of hydrogen-bond donors (Lipinski definition) is 0. The Morgan fingerprint density at radius 1 is 0.958 bits per heavy atom. The third kappa shape index (κ3) is 2.16. The molecule has 0 saturated heterocycles. The number of pyridine rings is 1. The zero-order valence-corrected chi connectivity index (χ0v) is 14.2. The van der Waals surface area contributed by atoms with E-state index in [1.165, 1.54) is 16.7 Å². The predicted octanol–water partition coefficient (Wildman–Crippen LogP) is 3.93. The molecule has 24 heavy (non-hydrogen) atoms. The number of para-hydroxylation sites is 1. The van der Waals surface area contributed by atoms with E-state index in [0.29, 0.717) is 0 Å². The fourth-order valence-electron chi connectivity index (χ4n) is 3.55. The number of rotatable bonds is 2. The van der Waals surface area contributed by atoms with Crippen LogP contribution in [-0.4, -0.2) is 9.13 Å². The molecule has 2 aromatic carbocycles. The van der Waals surface area contributed by atoms with Gasteiger partial charge >= 0.3 is 0 Å². The number of benzene rings is 2. The van der Waals surface area contributed by atoms with E-state index in [1.54, 1.807) is 4.57 Å². The molecule has 3 heteroatoms. The number of aromatic nitrogens is 2. The molecule has 2 heterocycles. The van der Waals surface area contributed by atoms with Crippen LogP contribution in [-0.2, 0) is 20.5 Å². The summed E-state index contributed by atoms with van der Waals surface area (Å²) in [7, 11) is 3.81. The molecule has 0 fully saturated rings. The molecule has 0 N–H and O–H groups in total. The lowest BCUT2D eigenvalue weighted by molar-refractivity contribution is 0.846. The molecular formula is C21H20N2O. The molecular weight excluding hydrogens is 296 g/mol. The van der Waals surface area contributed by atoms with Gasteiger partial charge < -0.3 is 9.13 Å². The number of nitrogens with zero attached hydrogens (tertiary/aromatic N) is 2. The van der Waals surface area contributed by atoms with Gasteiger partial charge in [0.2, 0.25) is 0 Å². The van der Waals surface area contributed by atoms with Crippen molar-refractivity contribution in [1.29, 1.82) is 0 Å². The lowest BCUT2D eigenvalue weighted by atomic mass is 10.0. The zero-order chi connectivity index (χ0) is 16.8. The van der Waals surface area contributed by atoms with E-state index in [4.69, 9.17) is 0 Å². The minimum absolute atomic E-state index is 0.0522. The van der Waals surface area contributed by atoms with Crippen LogP contribution in [0.2, 0.25) is 0 Å². The molecule has 0 amide bonds. The molecule has 0 bridgehead atoms. The topological polar surface area (TPSA) is 26.9 Å². The van der Waals surface area contributed by atoms with Crippen molar-refractivity contribution in [3.63, 3.8) is 0 Å². The molecule has 0 aliphatic heterocycles. The minimum atomic E-state index is 0.0522. The highest BCUT2D eigenvalue weighted by atomic mass is 16.1. The van der Waals surface area contributed by atoms with Gasteiger partial charge in [-0.15, -0.1) is 0 Å². The molecule has 0 radical (unpaired) electrons. The van der Waals surface area contributed by atoms with Crippen molar-refractivity contribution < 1.29 is 0 Å². The zero-order valence-electron chi connectivity index (χ0n) is 14.2. The molecule has 4 rings (SSSR count). The standard InChI is InChI=1S/C21H20N2O/c1-14-8-10-15(11-9-14)12-16-13-22(2)21(24)20-19(16)17-6-4-5-7-18(17)23(20)3/h4-11,13H,12H2,1-3H3. The van der Waals surface area contributed by atoms with Crippen molar-refractivity contribution in [3.05, 3.63) is 81.8 Å². The van der Waals surface area contributed by atoms with Gasteiger partial charge in [-0.25, -0.2) is 0 Å². The summed E-state index contributed by atoms with van der Waals surface area (Å²) in [6.07, 6.45) is 2.80. The van der Waals surface area contributed by atoms with Crippen LogP contribution in [0.25, 0.3) is 21.8 Å². The number of aryl methyl sites for hydroxylation is 3. The van der Waals surface area contributed by atoms with Crippen LogP contribution >= 0.6 is 0 Å². The maximum atomic E-state index is 12.7. The average molecular weight is 316 g/mol. The van der Waals surface area contributed by atoms with Gasteiger partial charge in [0.05, 0.1) is 0 Å². The largest absolute Gasteiger partial charge is 0.339 e. The van der Waals surface area contributed by atoms with Gasteiger partial charge in [0.1, 0.15) is 5.52 Å². The lowest BCUT2D eigenvalue weighted by Crippen LogP contribution is -2.19. The van der Waals surface area contributed by atoms with E-state index in [-0.39, 0.29) is 5.56 Å². The van der Waals surface area contributed by atoms with Crippen LogP contribution in [0, 0.1) is 6.92 Å². The number of hydrogen-bond acceptors (Lipinski definition) is 1. The third-order valence-corrected chi connectivity index (χ3v) is 4.82. The second-order valence-corrected chi connectivity index (χ2v) is 6.53. The van der Waals surface area contributed by atoms with Crippen molar-refractivity contribution >= 4 is 21.8 Å². The molecule has 3 nitrogen and oxygen atoms in total. The SMILES string of the molecule is Cc1ccc(Cc2cn(C)c(=O)c3c2c2ccccc2n3C)cc1. The van der Waals surface area contributed by atoms with Crippen molar-refractivity contribution in [1.82, 2.24) is 9.13 Å². The smallest absolute Gasteiger partial charge is 0.274 e. The summed E-state index contributed by atoms with van der Waals surface area (Å²) in [5, 5.41) is 2.23. The van der Waals surface area contributed by atoms with Crippen LogP contribution in [0.1, 0.15) is 16.7 Å². The summed E-state index contributed by atoms with van der Waals surface area (Å²) in [5.74, 6) is 0. The quantitative estimate of drug-likeness (QED) is 0.550. The molecule has 0 spiro atoms. The fourth-order valence-corrected chi connectivity index (χ4v) is 3.55. The van der Waals surface area contributed by atoms with Crippen LogP contribution in [0.4, 0.5) is 0 Å². The van der Waals surface area contributed by atoms with Gasteiger partial charge in [-0.05, 0) is 30.5 Å². The average Bonchev–Trinajstić information content (AvgIpc) is 2.88. The van der Waals surface area contributed by atoms with Gasteiger partial charge in [0.15, 0.2) is 0 Å². The highest BCUT2D eigenvalue weighted by molar-refractivity contribution is 6.09. The Balaban J connectivity index is 2.05. The van der Waals surface area contributed by atoms with Gasteiger partial charge in [0.25, 0.3) is 5.56 Å². The van der Waals surface area contributed by atoms with Crippen molar-refractivity contribution in [2.24, 2.45) is 14.1 Å². The number of fused-ring (bicyclic) bond motifs is 3. The summed E-state index contributed by atoms with van der Waals surface area (Å²) < 4.78 is 3.72. The van der Waals surface area contributed by atoms with E-state index in [0.717, 1.165) is 28.2 Å². The van der Waals surface area contributed by atoms with Gasteiger partial charge in [-0.2, -0.15) is 0 Å². The van der Waals surface area contributed by atoms with E-state index in [9.17, 15) is 4.79 Å². The highest BCUT2D eigenvalue weighted by Gasteiger charge is 2.16. The Kier molecular flexibility index (Phi) is 3.31. The molecule has 0 unspecified atom stereocenters. The summed E-state index contributed by atoms with van der Waals surface area (Å²) in [6.45, 7) is 2.10. The van der Waals surface area contributed by atoms with Gasteiger partial charge in [-0.1, -0.05) is 48.0 Å². The lowest BCUT2D eigenvalue weighted by Gasteiger charge is -2.08. The Hall–Kier alpha value is -2.81. The second-order valence-electron chi connectivity index (χ2n) is 6.53. The first-order valence-electron chi connectivity index (χ1n) is 8.17. The van der Waals surface area contributed by atoms with Crippen LogP contribution in [0.3, 0.4) is 0 Å². The van der Waals surface area contributed by atoms with E-state index < -0.39 is 0 Å². The summed E-state index contributed by atoms with van der Waals surface area (Å²) in [4.78, 5) is 12.7. The summed E-state index contributed by atoms with van der Waals surface area (Å²) >= 11 is 0. The van der Waals surface area contributed by atoms with E-state index in [1.807, 2.05) is 37.0 Å². The molecule has 2 aromatic heterocycles. The summed E-state index contributed by atoms with van der Waals surface area (Å²) in [6, 6.07) is 16.8. The molecule has 0 aliphatic rings. The monoisotopic (exact) mass is 316 g/mol. The summed E-state index contributed by atoms with van der Waals surface area (Å²) in [5.41, 5.74) is 5.64. The first kappa shape index (κ1) is 14.8. The molecule has 0 saturated carbocycles. The maximum absolute atomic E-state index is 12.7. The van der Waals surface area contributed by atoms with Crippen LogP contribution in [0.5, 0.6) is 0 Å². The highest BCUT2D eigenvalue weighted by Crippen LogP contribution is 2.29. The first-order valence-corrected chi connectivity index (χ1v) is 8.17. The van der Waals surface area contributed by atoms with Crippen LogP contribution < -0.4 is 5.56 Å². The van der Waals surface area contributed by atoms with E-state index >= 15 is 0 Å². The predicted molar refractivity (Wildman–Crippen MR) is 99.7 cm³/mol.